The molecule has 1 aliphatic rings. The van der Waals surface area contributed by atoms with Crippen LogP contribution in [-0.2, 0) is 19.6 Å². The summed E-state index contributed by atoms with van der Waals surface area (Å²) in [7, 11) is -2.28. The molecule has 1 aromatic carbocycles. The molecule has 0 spiro atoms. The van der Waals surface area contributed by atoms with Gasteiger partial charge < -0.3 is 10.1 Å². The average Bonchev–Trinajstić information content (AvgIpc) is 2.61. The molecular formula is C17H24N2O5S. The summed E-state index contributed by atoms with van der Waals surface area (Å²) in [4.78, 5) is 24.1. The molecule has 0 radical (unpaired) electrons. The lowest BCUT2D eigenvalue weighted by Crippen LogP contribution is -2.50. The fourth-order valence-corrected chi connectivity index (χ4v) is 4.21. The first kappa shape index (κ1) is 19.4. The van der Waals surface area contributed by atoms with E-state index in [1.54, 1.807) is 0 Å². The molecule has 25 heavy (non-hydrogen) atoms. The Kier molecular flexibility index (Phi) is 5.84. The van der Waals surface area contributed by atoms with Gasteiger partial charge in [-0.05, 0) is 51.0 Å². The first-order valence-electron chi connectivity index (χ1n) is 8.19. The molecule has 1 saturated heterocycles. The number of esters is 1. The highest BCUT2D eigenvalue weighted by molar-refractivity contribution is 7.89. The lowest BCUT2D eigenvalue weighted by Gasteiger charge is -2.26. The third-order valence-electron chi connectivity index (χ3n) is 4.19. The standard InChI is InChI=1S/C17H24N2O5S/c1-17(2,16(21)24-3)18-15(20)13-7-9-14(10-8-13)25(22,23)19-11-5-4-6-12-19/h7-10H,4-6,11-12H2,1-3H3,(H,18,20). The lowest BCUT2D eigenvalue weighted by molar-refractivity contribution is -0.146. The highest BCUT2D eigenvalue weighted by atomic mass is 32.2. The Morgan fingerprint density at radius 2 is 1.64 bits per heavy atom. The van der Waals surface area contributed by atoms with Gasteiger partial charge in [0.15, 0.2) is 0 Å². The molecule has 0 saturated carbocycles. The molecule has 0 atom stereocenters. The molecule has 7 nitrogen and oxygen atoms in total. The summed E-state index contributed by atoms with van der Waals surface area (Å²) in [6, 6.07) is 5.73. The number of rotatable bonds is 5. The molecule has 1 heterocycles. The molecule has 1 aliphatic heterocycles. The van der Waals surface area contributed by atoms with Crippen LogP contribution in [-0.4, -0.2) is 50.3 Å². The summed E-state index contributed by atoms with van der Waals surface area (Å²) >= 11 is 0. The summed E-state index contributed by atoms with van der Waals surface area (Å²) in [5, 5.41) is 2.57. The predicted molar refractivity (Wildman–Crippen MR) is 92.6 cm³/mol. The van der Waals surface area contributed by atoms with Crippen LogP contribution in [0.15, 0.2) is 29.2 Å². The van der Waals surface area contributed by atoms with Gasteiger partial charge in [-0.25, -0.2) is 13.2 Å². The van der Waals surface area contributed by atoms with E-state index in [-0.39, 0.29) is 10.5 Å². The summed E-state index contributed by atoms with van der Waals surface area (Å²) in [6.07, 6.45) is 2.77. The minimum atomic E-state index is -3.53. The number of sulfonamides is 1. The van der Waals surface area contributed by atoms with Crippen LogP contribution >= 0.6 is 0 Å². The second-order valence-electron chi connectivity index (χ2n) is 6.56. The third-order valence-corrected chi connectivity index (χ3v) is 6.10. The average molecular weight is 368 g/mol. The first-order chi connectivity index (χ1) is 11.7. The van der Waals surface area contributed by atoms with Crippen molar-refractivity contribution in [3.8, 4) is 0 Å². The van der Waals surface area contributed by atoms with E-state index in [2.05, 4.69) is 10.1 Å². The number of carbonyl (C=O) groups excluding carboxylic acids is 2. The highest BCUT2D eigenvalue weighted by Crippen LogP contribution is 2.21. The Bertz CT molecular complexity index is 735. The van der Waals surface area contributed by atoms with Crippen LogP contribution in [0.2, 0.25) is 0 Å². The van der Waals surface area contributed by atoms with Crippen molar-refractivity contribution < 1.29 is 22.7 Å². The lowest BCUT2D eigenvalue weighted by atomic mass is 10.1. The molecule has 2 rings (SSSR count). The molecule has 0 aromatic heterocycles. The van der Waals surface area contributed by atoms with Crippen molar-refractivity contribution in [3.63, 3.8) is 0 Å². The van der Waals surface area contributed by atoms with Crippen LogP contribution < -0.4 is 5.32 Å². The zero-order valence-electron chi connectivity index (χ0n) is 14.7. The molecule has 1 amide bonds. The maximum atomic E-state index is 12.6. The molecule has 0 unspecified atom stereocenters. The van der Waals surface area contributed by atoms with Crippen LogP contribution in [0.5, 0.6) is 0 Å². The van der Waals surface area contributed by atoms with Crippen molar-refractivity contribution in [1.29, 1.82) is 0 Å². The molecule has 0 bridgehead atoms. The van der Waals surface area contributed by atoms with Crippen molar-refractivity contribution in [2.75, 3.05) is 20.2 Å². The second-order valence-corrected chi connectivity index (χ2v) is 8.50. The van der Waals surface area contributed by atoms with E-state index in [9.17, 15) is 18.0 Å². The van der Waals surface area contributed by atoms with Crippen molar-refractivity contribution in [2.45, 2.75) is 43.5 Å². The van der Waals surface area contributed by atoms with Crippen molar-refractivity contribution in [2.24, 2.45) is 0 Å². The Balaban J connectivity index is 2.14. The fraction of sp³-hybridized carbons (Fsp3) is 0.529. The fourth-order valence-electron chi connectivity index (χ4n) is 2.69. The van der Waals surface area contributed by atoms with Crippen LogP contribution in [0.25, 0.3) is 0 Å². The second kappa shape index (κ2) is 7.53. The molecule has 1 fully saturated rings. The van der Waals surface area contributed by atoms with Crippen LogP contribution in [0.3, 0.4) is 0 Å². The SMILES string of the molecule is COC(=O)C(C)(C)NC(=O)c1ccc(S(=O)(=O)N2CCCCC2)cc1. The van der Waals surface area contributed by atoms with E-state index in [0.717, 1.165) is 19.3 Å². The van der Waals surface area contributed by atoms with E-state index in [1.165, 1.54) is 49.5 Å². The Morgan fingerprint density at radius 1 is 1.08 bits per heavy atom. The van der Waals surface area contributed by atoms with Crippen LogP contribution in [0.4, 0.5) is 0 Å². The number of nitrogens with one attached hydrogen (secondary N) is 1. The van der Waals surface area contributed by atoms with Crippen molar-refractivity contribution in [1.82, 2.24) is 9.62 Å². The zero-order valence-corrected chi connectivity index (χ0v) is 15.6. The summed E-state index contributed by atoms with van der Waals surface area (Å²) in [5.41, 5.74) is -0.903. The molecule has 138 valence electrons. The maximum Gasteiger partial charge on any atom is 0.330 e. The van der Waals surface area contributed by atoms with E-state index in [0.29, 0.717) is 13.1 Å². The number of ether oxygens (including phenoxy) is 1. The largest absolute Gasteiger partial charge is 0.467 e. The van der Waals surface area contributed by atoms with E-state index in [4.69, 9.17) is 0 Å². The van der Waals surface area contributed by atoms with E-state index in [1.807, 2.05) is 0 Å². The smallest absolute Gasteiger partial charge is 0.330 e. The van der Waals surface area contributed by atoms with Gasteiger partial charge in [-0.3, -0.25) is 4.79 Å². The molecule has 1 aromatic rings. The topological polar surface area (TPSA) is 92.8 Å². The van der Waals surface area contributed by atoms with Gasteiger partial charge in [-0.1, -0.05) is 6.42 Å². The van der Waals surface area contributed by atoms with Gasteiger partial charge in [-0.2, -0.15) is 4.31 Å². The van der Waals surface area contributed by atoms with Gasteiger partial charge in [-0.15, -0.1) is 0 Å². The maximum absolute atomic E-state index is 12.6. The van der Waals surface area contributed by atoms with Gasteiger partial charge in [0.1, 0.15) is 5.54 Å². The number of nitrogens with zero attached hydrogens (tertiary/aromatic N) is 1. The Morgan fingerprint density at radius 3 is 2.16 bits per heavy atom. The molecular weight excluding hydrogens is 344 g/mol. The van der Waals surface area contributed by atoms with Gasteiger partial charge in [0.05, 0.1) is 12.0 Å². The number of piperidine rings is 1. The van der Waals surface area contributed by atoms with Crippen molar-refractivity contribution in [3.05, 3.63) is 29.8 Å². The normalized spacial score (nSPS) is 16.3. The number of hydrogen-bond acceptors (Lipinski definition) is 5. The van der Waals surface area contributed by atoms with E-state index < -0.39 is 27.4 Å². The van der Waals surface area contributed by atoms with Gasteiger partial charge in [0, 0.05) is 18.7 Å². The number of amides is 1. The Labute approximate surface area is 148 Å². The van der Waals surface area contributed by atoms with E-state index >= 15 is 0 Å². The molecule has 8 heteroatoms. The predicted octanol–water partition coefficient (Wildman–Crippen LogP) is 1.54. The minimum absolute atomic E-state index is 0.165. The number of hydrogen-bond donors (Lipinski definition) is 1. The highest BCUT2D eigenvalue weighted by Gasteiger charge is 2.31. The summed E-state index contributed by atoms with van der Waals surface area (Å²) in [5.74, 6) is -1.04. The molecule has 1 N–H and O–H groups in total. The number of benzene rings is 1. The Hall–Kier alpha value is -1.93. The van der Waals surface area contributed by atoms with Gasteiger partial charge in [0.2, 0.25) is 10.0 Å². The third kappa shape index (κ3) is 4.38. The first-order valence-corrected chi connectivity index (χ1v) is 9.63. The minimum Gasteiger partial charge on any atom is -0.467 e. The summed E-state index contributed by atoms with van der Waals surface area (Å²) in [6.45, 7) is 4.12. The number of methoxy groups -OCH3 is 1. The van der Waals surface area contributed by atoms with Crippen molar-refractivity contribution >= 4 is 21.9 Å². The summed E-state index contributed by atoms with van der Waals surface area (Å²) < 4.78 is 31.3. The van der Waals surface area contributed by atoms with Crippen LogP contribution in [0, 0.1) is 0 Å². The van der Waals surface area contributed by atoms with Gasteiger partial charge >= 0.3 is 5.97 Å². The monoisotopic (exact) mass is 368 g/mol. The zero-order chi connectivity index (χ0) is 18.7. The number of carbonyl (C=O) groups is 2. The molecule has 0 aliphatic carbocycles. The quantitative estimate of drug-likeness (QED) is 0.796. The van der Waals surface area contributed by atoms with Crippen LogP contribution in [0.1, 0.15) is 43.5 Å². The van der Waals surface area contributed by atoms with Gasteiger partial charge in [0.25, 0.3) is 5.91 Å².